The van der Waals surface area contributed by atoms with Crippen molar-refractivity contribution in [1.29, 1.82) is 0 Å². The van der Waals surface area contributed by atoms with Gasteiger partial charge in [0.1, 0.15) is 12.3 Å². The Labute approximate surface area is 134 Å². The lowest BCUT2D eigenvalue weighted by Crippen LogP contribution is -2.25. The van der Waals surface area contributed by atoms with Crippen LogP contribution in [-0.2, 0) is 16.1 Å². The highest BCUT2D eigenvalue weighted by Gasteiger charge is 2.16. The van der Waals surface area contributed by atoms with E-state index in [9.17, 15) is 14.7 Å². The van der Waals surface area contributed by atoms with Gasteiger partial charge in [-0.05, 0) is 30.4 Å². The molecule has 1 aliphatic rings. The molecule has 0 unspecified atom stereocenters. The van der Waals surface area contributed by atoms with Crippen molar-refractivity contribution in [1.82, 2.24) is 4.57 Å². The van der Waals surface area contributed by atoms with Crippen molar-refractivity contribution >= 4 is 46.7 Å². The van der Waals surface area contributed by atoms with Gasteiger partial charge in [0.05, 0.1) is 11.1 Å². The van der Waals surface area contributed by atoms with Crippen molar-refractivity contribution in [2.75, 3.05) is 17.2 Å². The van der Waals surface area contributed by atoms with E-state index in [2.05, 4.69) is 10.6 Å². The molecular weight excluding hydrogens is 326 g/mol. The molecule has 2 heterocycles. The van der Waals surface area contributed by atoms with E-state index in [1.54, 1.807) is 18.2 Å². The maximum Gasteiger partial charge on any atom is 0.262 e. The number of hydrogen-bond donors (Lipinski definition) is 3. The molecule has 1 aliphatic heterocycles. The molecule has 0 spiro atoms. The number of aromatic nitrogens is 1. The van der Waals surface area contributed by atoms with E-state index in [0.717, 1.165) is 0 Å². The van der Waals surface area contributed by atoms with Crippen LogP contribution in [0, 0.1) is 3.95 Å². The number of benzene rings is 1. The largest absolute Gasteiger partial charge is 0.494 e. The van der Waals surface area contributed by atoms with E-state index in [-0.39, 0.29) is 30.8 Å². The predicted molar refractivity (Wildman–Crippen MR) is 84.0 cm³/mol. The summed E-state index contributed by atoms with van der Waals surface area (Å²) in [5, 5.41) is 16.4. The number of anilines is 2. The van der Waals surface area contributed by atoms with E-state index >= 15 is 0 Å². The summed E-state index contributed by atoms with van der Waals surface area (Å²) in [4.78, 5) is 23.3. The monoisotopic (exact) mass is 337 g/mol. The first kappa shape index (κ1) is 14.5. The number of carbonyl (C=O) groups excluding carboxylic acids is 2. The van der Waals surface area contributed by atoms with E-state index in [4.69, 9.17) is 17.0 Å². The molecule has 7 nitrogen and oxygen atoms in total. The zero-order valence-electron chi connectivity index (χ0n) is 11.2. The lowest BCUT2D eigenvalue weighted by molar-refractivity contribution is -0.118. The molecule has 0 radical (unpaired) electrons. The molecule has 1 aromatic heterocycles. The number of fused-ring (bicyclic) bond motifs is 1. The van der Waals surface area contributed by atoms with Gasteiger partial charge in [-0.1, -0.05) is 0 Å². The fraction of sp³-hybridized carbons (Fsp3) is 0.154. The molecule has 1 aromatic carbocycles. The Bertz CT molecular complexity index is 812. The smallest absolute Gasteiger partial charge is 0.262 e. The maximum absolute atomic E-state index is 12.0. The number of nitrogens with zero attached hydrogens (tertiary/aromatic N) is 1. The molecule has 0 fully saturated rings. The number of rotatable bonds is 3. The van der Waals surface area contributed by atoms with Gasteiger partial charge >= 0.3 is 0 Å². The molecule has 3 N–H and O–H groups in total. The van der Waals surface area contributed by atoms with Crippen molar-refractivity contribution in [3.8, 4) is 11.6 Å². The third kappa shape index (κ3) is 2.95. The Morgan fingerprint density at radius 3 is 3.09 bits per heavy atom. The van der Waals surface area contributed by atoms with Crippen LogP contribution >= 0.6 is 23.6 Å². The highest BCUT2D eigenvalue weighted by Crippen LogP contribution is 2.30. The van der Waals surface area contributed by atoms with Crippen LogP contribution in [0.5, 0.6) is 11.6 Å². The second kappa shape index (κ2) is 5.78. The fourth-order valence-corrected chi connectivity index (χ4v) is 2.90. The van der Waals surface area contributed by atoms with Gasteiger partial charge in [0.15, 0.2) is 10.6 Å². The molecule has 2 amide bonds. The van der Waals surface area contributed by atoms with Gasteiger partial charge in [-0.3, -0.25) is 14.2 Å². The highest BCUT2D eigenvalue weighted by atomic mass is 32.1. The minimum Gasteiger partial charge on any atom is -0.494 e. The Balaban J connectivity index is 1.73. The van der Waals surface area contributed by atoms with Crippen LogP contribution in [0.15, 0.2) is 23.6 Å². The number of hydrogen-bond acceptors (Lipinski definition) is 6. The van der Waals surface area contributed by atoms with Gasteiger partial charge in [0.2, 0.25) is 11.8 Å². The van der Waals surface area contributed by atoms with Crippen LogP contribution in [0.25, 0.3) is 0 Å². The summed E-state index contributed by atoms with van der Waals surface area (Å²) in [5.74, 6) is -0.0789. The molecule has 0 bridgehead atoms. The summed E-state index contributed by atoms with van der Waals surface area (Å²) in [7, 11) is 0. The first-order chi connectivity index (χ1) is 10.5. The molecule has 2 aromatic rings. The first-order valence-corrected chi connectivity index (χ1v) is 7.55. The van der Waals surface area contributed by atoms with E-state index < -0.39 is 0 Å². The summed E-state index contributed by atoms with van der Waals surface area (Å²) in [6.07, 6.45) is 0. The normalized spacial score (nSPS) is 13.0. The molecule has 0 saturated carbocycles. The van der Waals surface area contributed by atoms with Crippen LogP contribution in [-0.4, -0.2) is 28.1 Å². The van der Waals surface area contributed by atoms with Gasteiger partial charge < -0.3 is 20.5 Å². The summed E-state index contributed by atoms with van der Waals surface area (Å²) < 4.78 is 6.99. The van der Waals surface area contributed by atoms with Crippen molar-refractivity contribution in [3.63, 3.8) is 0 Å². The second-order valence-corrected chi connectivity index (χ2v) is 6.05. The Morgan fingerprint density at radius 2 is 2.36 bits per heavy atom. The van der Waals surface area contributed by atoms with Crippen LogP contribution < -0.4 is 15.4 Å². The zero-order chi connectivity index (χ0) is 15.7. The molecular formula is C13H11N3O4S2. The SMILES string of the molecule is O=C(Cn1c(O)csc1=S)Nc1ccc2c(c1)NC(=O)CO2. The van der Waals surface area contributed by atoms with Crippen LogP contribution in [0.4, 0.5) is 11.4 Å². The molecule has 22 heavy (non-hydrogen) atoms. The third-order valence-corrected chi connectivity index (χ3v) is 4.22. The van der Waals surface area contributed by atoms with Gasteiger partial charge in [-0.25, -0.2) is 0 Å². The summed E-state index contributed by atoms with van der Waals surface area (Å²) in [6.45, 7) is -0.109. The quantitative estimate of drug-likeness (QED) is 0.745. The van der Waals surface area contributed by atoms with Crippen LogP contribution in [0.3, 0.4) is 0 Å². The lowest BCUT2D eigenvalue weighted by Gasteiger charge is -2.18. The summed E-state index contributed by atoms with van der Waals surface area (Å²) in [5.41, 5.74) is 1.01. The minimum atomic E-state index is -0.340. The van der Waals surface area contributed by atoms with E-state index in [0.29, 0.717) is 21.1 Å². The molecule has 114 valence electrons. The zero-order valence-corrected chi connectivity index (χ0v) is 12.8. The number of nitrogens with one attached hydrogen (secondary N) is 2. The van der Waals surface area contributed by atoms with E-state index in [1.807, 2.05) is 0 Å². The molecule has 0 atom stereocenters. The van der Waals surface area contributed by atoms with Crippen LogP contribution in [0.2, 0.25) is 0 Å². The van der Waals surface area contributed by atoms with Crippen molar-refractivity contribution in [2.24, 2.45) is 0 Å². The van der Waals surface area contributed by atoms with Gasteiger partial charge in [-0.2, -0.15) is 0 Å². The standard InChI is InChI=1S/C13H11N3O4S2/c17-10(4-16-12(19)6-22-13(16)21)14-7-1-2-9-8(3-7)15-11(18)5-20-9/h1-3,6,19H,4-5H2,(H,14,17)(H,15,18). The summed E-state index contributed by atoms with van der Waals surface area (Å²) in [6, 6.07) is 4.94. The number of thiazole rings is 1. The van der Waals surface area contributed by atoms with Gasteiger partial charge in [0, 0.05) is 5.69 Å². The van der Waals surface area contributed by atoms with E-state index in [1.165, 1.54) is 21.3 Å². The Kier molecular flexibility index (Phi) is 3.82. The first-order valence-electron chi connectivity index (χ1n) is 6.27. The minimum absolute atomic E-state index is 0.0195. The second-order valence-electron chi connectivity index (χ2n) is 4.54. The van der Waals surface area contributed by atoms with Gasteiger partial charge in [0.25, 0.3) is 5.91 Å². The van der Waals surface area contributed by atoms with Crippen molar-refractivity contribution in [3.05, 3.63) is 27.5 Å². The Morgan fingerprint density at radius 1 is 1.55 bits per heavy atom. The molecule has 3 rings (SSSR count). The fourth-order valence-electron chi connectivity index (χ4n) is 1.97. The average molecular weight is 337 g/mol. The van der Waals surface area contributed by atoms with Crippen molar-refractivity contribution in [2.45, 2.75) is 6.54 Å². The van der Waals surface area contributed by atoms with Crippen LogP contribution in [0.1, 0.15) is 0 Å². The number of amides is 2. The molecule has 0 saturated heterocycles. The average Bonchev–Trinajstić information content (AvgIpc) is 2.78. The van der Waals surface area contributed by atoms with Gasteiger partial charge in [-0.15, -0.1) is 11.3 Å². The topological polar surface area (TPSA) is 92.6 Å². The lowest BCUT2D eigenvalue weighted by atomic mass is 10.2. The molecule has 9 heteroatoms. The number of ether oxygens (including phenoxy) is 1. The maximum atomic E-state index is 12.0. The Hall–Kier alpha value is -2.39. The molecule has 0 aliphatic carbocycles. The highest BCUT2D eigenvalue weighted by molar-refractivity contribution is 7.73. The number of aromatic hydroxyl groups is 1. The number of carbonyl (C=O) groups is 2. The predicted octanol–water partition coefficient (Wildman–Crippen LogP) is 1.95. The summed E-state index contributed by atoms with van der Waals surface area (Å²) >= 11 is 6.21. The third-order valence-electron chi connectivity index (χ3n) is 2.96. The van der Waals surface area contributed by atoms with Crippen molar-refractivity contribution < 1.29 is 19.4 Å².